The second-order valence-electron chi connectivity index (χ2n) is 7.81. The van der Waals surface area contributed by atoms with Gasteiger partial charge in [-0.15, -0.1) is 0 Å². The smallest absolute Gasteiger partial charge is 0.505 e. The van der Waals surface area contributed by atoms with Gasteiger partial charge in [-0.2, -0.15) is 36.8 Å². The molecule has 3 aromatic rings. The number of nitrogens with zero attached hydrogens (tertiary/aromatic N) is 3. The molecule has 0 atom stereocenters. The largest absolute Gasteiger partial charge is 0.516 e. The standard InChI is InChI=1S/C23H16F5N5O4S/c1-12-20(22(35)33(31-12)15-8-9-17(24)18(25)11-15)30-29-19-7-3-6-16(21(19)34)13-4-2-5-14(10-13)32-38(36,37)23(26,27)28/h2-11,29,32,34H,1H3. The van der Waals surface area contributed by atoms with E-state index in [0.717, 1.165) is 35.3 Å². The Morgan fingerprint density at radius 1 is 1.00 bits per heavy atom. The summed E-state index contributed by atoms with van der Waals surface area (Å²) >= 11 is 0. The number of amides is 1. The summed E-state index contributed by atoms with van der Waals surface area (Å²) in [5, 5.41) is 19.5. The zero-order chi connectivity index (χ0) is 27.8. The van der Waals surface area contributed by atoms with Gasteiger partial charge in [0.05, 0.1) is 17.1 Å². The van der Waals surface area contributed by atoms with E-state index < -0.39 is 44.5 Å². The SMILES string of the molecule is CC1=NN(c2ccc(F)c(F)c2)C(=O)C1=NNc1cccc(-c2cccc(NS(=O)(=O)C(F)(F)F)c2)c1O. The second-order valence-corrected chi connectivity index (χ2v) is 9.48. The fourth-order valence-corrected chi connectivity index (χ4v) is 3.92. The minimum Gasteiger partial charge on any atom is -0.505 e. The number of phenolic OH excluding ortho intramolecular Hbond substituents is 1. The number of anilines is 3. The molecule has 0 unspecified atom stereocenters. The van der Waals surface area contributed by atoms with Gasteiger partial charge in [0.2, 0.25) is 0 Å². The number of alkyl halides is 3. The molecule has 38 heavy (non-hydrogen) atoms. The summed E-state index contributed by atoms with van der Waals surface area (Å²) < 4.78 is 89.2. The van der Waals surface area contributed by atoms with Crippen LogP contribution in [0.4, 0.5) is 39.0 Å². The fraction of sp³-hybridized carbons (Fsp3) is 0.0870. The number of hydrogen-bond acceptors (Lipinski definition) is 7. The molecule has 9 nitrogen and oxygen atoms in total. The zero-order valence-electron chi connectivity index (χ0n) is 19.1. The maximum atomic E-state index is 13.6. The Morgan fingerprint density at radius 3 is 2.39 bits per heavy atom. The van der Waals surface area contributed by atoms with Crippen LogP contribution in [0.1, 0.15) is 6.92 Å². The Bertz CT molecular complexity index is 1610. The zero-order valence-corrected chi connectivity index (χ0v) is 19.9. The summed E-state index contributed by atoms with van der Waals surface area (Å²) in [6.45, 7) is 1.45. The molecule has 0 saturated carbocycles. The van der Waals surface area contributed by atoms with Crippen molar-refractivity contribution in [1.82, 2.24) is 0 Å². The van der Waals surface area contributed by atoms with Crippen LogP contribution >= 0.6 is 0 Å². The summed E-state index contributed by atoms with van der Waals surface area (Å²) in [6.07, 6.45) is 0. The van der Waals surface area contributed by atoms with Gasteiger partial charge in [0.1, 0.15) is 5.75 Å². The van der Waals surface area contributed by atoms with Gasteiger partial charge in [0.15, 0.2) is 17.3 Å². The molecule has 1 aliphatic rings. The van der Waals surface area contributed by atoms with Crippen molar-refractivity contribution in [2.24, 2.45) is 10.2 Å². The molecular weight excluding hydrogens is 537 g/mol. The number of nitrogens with one attached hydrogen (secondary N) is 2. The number of rotatable bonds is 6. The molecule has 3 N–H and O–H groups in total. The van der Waals surface area contributed by atoms with E-state index >= 15 is 0 Å². The molecule has 198 valence electrons. The third-order valence-electron chi connectivity index (χ3n) is 5.19. The number of para-hydroxylation sites is 1. The molecule has 0 saturated heterocycles. The predicted octanol–water partition coefficient (Wildman–Crippen LogP) is 4.79. The van der Waals surface area contributed by atoms with E-state index in [1.807, 2.05) is 0 Å². The van der Waals surface area contributed by atoms with Crippen LogP contribution < -0.4 is 15.2 Å². The molecule has 0 aromatic heterocycles. The second kappa shape index (κ2) is 9.74. The number of halogens is 5. The minimum atomic E-state index is -5.65. The van der Waals surface area contributed by atoms with Gasteiger partial charge < -0.3 is 5.11 Å². The van der Waals surface area contributed by atoms with Crippen molar-refractivity contribution in [2.75, 3.05) is 15.2 Å². The molecule has 15 heteroatoms. The molecule has 1 amide bonds. The van der Waals surface area contributed by atoms with Crippen LogP contribution in [-0.2, 0) is 14.8 Å². The number of aromatic hydroxyl groups is 1. The maximum absolute atomic E-state index is 13.6. The van der Waals surface area contributed by atoms with Crippen LogP contribution in [0, 0.1) is 11.6 Å². The Hall–Kier alpha value is -4.53. The molecule has 0 bridgehead atoms. The van der Waals surface area contributed by atoms with E-state index in [1.54, 1.807) is 0 Å². The lowest BCUT2D eigenvalue weighted by molar-refractivity contribution is -0.112. The first-order valence-electron chi connectivity index (χ1n) is 10.5. The highest BCUT2D eigenvalue weighted by molar-refractivity contribution is 7.93. The molecule has 1 aliphatic heterocycles. The van der Waals surface area contributed by atoms with Crippen LogP contribution in [0.15, 0.2) is 70.9 Å². The maximum Gasteiger partial charge on any atom is 0.516 e. The lowest BCUT2D eigenvalue weighted by Gasteiger charge is -2.13. The predicted molar refractivity (Wildman–Crippen MR) is 130 cm³/mol. The number of benzene rings is 3. The summed E-state index contributed by atoms with van der Waals surface area (Å²) in [7, 11) is -5.65. The van der Waals surface area contributed by atoms with Crippen molar-refractivity contribution in [2.45, 2.75) is 12.4 Å². The highest BCUT2D eigenvalue weighted by atomic mass is 32.2. The number of carbonyl (C=O) groups is 1. The van der Waals surface area contributed by atoms with Crippen LogP contribution in [0.25, 0.3) is 11.1 Å². The monoisotopic (exact) mass is 553 g/mol. The Labute approximate surface area is 211 Å². The number of phenols is 1. The van der Waals surface area contributed by atoms with Crippen molar-refractivity contribution < 1.29 is 40.3 Å². The summed E-state index contributed by atoms with van der Waals surface area (Å²) in [4.78, 5) is 12.8. The van der Waals surface area contributed by atoms with Gasteiger partial charge in [0, 0.05) is 17.3 Å². The van der Waals surface area contributed by atoms with Gasteiger partial charge >= 0.3 is 21.4 Å². The van der Waals surface area contributed by atoms with Crippen molar-refractivity contribution in [3.8, 4) is 16.9 Å². The Balaban J connectivity index is 1.58. The van der Waals surface area contributed by atoms with Crippen LogP contribution in [-0.4, -0.2) is 36.4 Å². The molecule has 0 radical (unpaired) electrons. The highest BCUT2D eigenvalue weighted by Gasteiger charge is 2.46. The molecule has 0 aliphatic carbocycles. The first-order valence-corrected chi connectivity index (χ1v) is 12.0. The average Bonchev–Trinajstić information content (AvgIpc) is 3.12. The minimum absolute atomic E-state index is 0.0110. The van der Waals surface area contributed by atoms with Crippen LogP contribution in [0.5, 0.6) is 5.75 Å². The van der Waals surface area contributed by atoms with Crippen molar-refractivity contribution in [3.63, 3.8) is 0 Å². The van der Waals surface area contributed by atoms with Crippen LogP contribution in [0.2, 0.25) is 0 Å². The lowest BCUT2D eigenvalue weighted by atomic mass is 10.0. The number of sulfonamides is 1. The molecule has 0 spiro atoms. The lowest BCUT2D eigenvalue weighted by Crippen LogP contribution is -2.29. The first-order chi connectivity index (χ1) is 17.8. The Morgan fingerprint density at radius 2 is 1.71 bits per heavy atom. The number of carbonyl (C=O) groups excluding carboxylic acids is 1. The van der Waals surface area contributed by atoms with Gasteiger partial charge in [-0.05, 0) is 42.8 Å². The molecular formula is C23H16F5N5O4S. The van der Waals surface area contributed by atoms with Crippen molar-refractivity contribution in [3.05, 3.63) is 72.3 Å². The topological polar surface area (TPSA) is 123 Å². The van der Waals surface area contributed by atoms with E-state index in [0.29, 0.717) is 0 Å². The molecule has 1 heterocycles. The Kier molecular flexibility index (Phi) is 6.80. The third-order valence-corrected chi connectivity index (χ3v) is 6.30. The normalized spacial score (nSPS) is 15.1. The quantitative estimate of drug-likeness (QED) is 0.230. The molecule has 4 rings (SSSR count). The molecule has 0 fully saturated rings. The van der Waals surface area contributed by atoms with E-state index in [9.17, 15) is 40.3 Å². The van der Waals surface area contributed by atoms with Crippen molar-refractivity contribution >= 4 is 44.4 Å². The van der Waals surface area contributed by atoms with E-state index in [2.05, 4.69) is 15.6 Å². The van der Waals surface area contributed by atoms with E-state index in [1.165, 1.54) is 42.0 Å². The van der Waals surface area contributed by atoms with Crippen LogP contribution in [0.3, 0.4) is 0 Å². The third kappa shape index (κ3) is 5.13. The van der Waals surface area contributed by atoms with Gasteiger partial charge in [-0.3, -0.25) is 14.9 Å². The van der Waals surface area contributed by atoms with Gasteiger partial charge in [-0.25, -0.2) is 8.78 Å². The van der Waals surface area contributed by atoms with Crippen molar-refractivity contribution in [1.29, 1.82) is 0 Å². The average molecular weight is 553 g/mol. The summed E-state index contributed by atoms with van der Waals surface area (Å²) in [6, 6.07) is 12.0. The number of hydrazone groups is 2. The van der Waals surface area contributed by atoms with E-state index in [-0.39, 0.29) is 33.9 Å². The fourth-order valence-electron chi connectivity index (χ4n) is 3.36. The number of hydrogen-bond donors (Lipinski definition) is 3. The van der Waals surface area contributed by atoms with E-state index in [4.69, 9.17) is 0 Å². The summed E-state index contributed by atoms with van der Waals surface area (Å²) in [5.74, 6) is -3.45. The van der Waals surface area contributed by atoms with Gasteiger partial charge in [0.25, 0.3) is 0 Å². The van der Waals surface area contributed by atoms with Gasteiger partial charge in [-0.1, -0.05) is 24.3 Å². The highest BCUT2D eigenvalue weighted by Crippen LogP contribution is 2.37. The summed E-state index contributed by atoms with van der Waals surface area (Å²) in [5.41, 5.74) is -3.24. The first kappa shape index (κ1) is 26.5. The molecule has 3 aromatic carbocycles.